The number of anilines is 1. The molecule has 1 heterocycles. The van der Waals surface area contributed by atoms with Gasteiger partial charge in [-0.1, -0.05) is 45.5 Å². The van der Waals surface area contributed by atoms with E-state index >= 15 is 0 Å². The van der Waals surface area contributed by atoms with Crippen LogP contribution in [0.5, 0.6) is 0 Å². The van der Waals surface area contributed by atoms with E-state index in [1.165, 1.54) is 4.90 Å². The molecule has 6 heteroatoms. The molecule has 1 saturated heterocycles. The summed E-state index contributed by atoms with van der Waals surface area (Å²) in [5.74, 6) is -0.856. The number of nitrogens with zero attached hydrogens (tertiary/aromatic N) is 2. The summed E-state index contributed by atoms with van der Waals surface area (Å²) in [6.45, 7) is 12.6. The zero-order valence-corrected chi connectivity index (χ0v) is 17.3. The highest BCUT2D eigenvalue weighted by atomic mass is 16.5. The number of ether oxygens (including phenoxy) is 1. The van der Waals surface area contributed by atoms with Crippen molar-refractivity contribution >= 4 is 29.0 Å². The molecule has 0 atom stereocenters. The molecule has 1 aromatic rings. The molecule has 152 valence electrons. The molecule has 0 bridgehead atoms. The van der Waals surface area contributed by atoms with Gasteiger partial charge in [0.25, 0.3) is 5.91 Å². The smallest absolute Gasteiger partial charge is 0.326 e. The molecule has 0 saturated carbocycles. The number of hydrogen-bond acceptors (Lipinski definition) is 4. The van der Waals surface area contributed by atoms with Crippen LogP contribution in [0, 0.1) is 5.41 Å². The molecule has 0 aromatic heterocycles. The van der Waals surface area contributed by atoms with E-state index in [1.807, 2.05) is 0 Å². The van der Waals surface area contributed by atoms with Crippen LogP contribution < -0.4 is 4.90 Å². The lowest BCUT2D eigenvalue weighted by atomic mass is 9.93. The second kappa shape index (κ2) is 9.04. The standard InChI is InChI=1S/C22H30N2O4/c1-6-28-19(25)15-24(21(27)22(3,4)5)18-12-8-7-11-17(18)16(2)20(26)23-13-9-10-14-23/h7-8,11-12H,2,6,9-10,13-15H2,1,3-5H3. The summed E-state index contributed by atoms with van der Waals surface area (Å²) in [6.07, 6.45) is 1.97. The van der Waals surface area contributed by atoms with E-state index in [-0.39, 0.29) is 25.0 Å². The lowest BCUT2D eigenvalue weighted by Gasteiger charge is -2.31. The number of esters is 1. The molecule has 0 spiro atoms. The van der Waals surface area contributed by atoms with Gasteiger partial charge in [-0.2, -0.15) is 0 Å². The predicted octanol–water partition coefficient (Wildman–Crippen LogP) is 3.26. The van der Waals surface area contributed by atoms with Gasteiger partial charge in [0.2, 0.25) is 5.91 Å². The Kier molecular flexibility index (Phi) is 7.00. The fourth-order valence-corrected chi connectivity index (χ4v) is 3.20. The second-order valence-corrected chi connectivity index (χ2v) is 7.94. The molecule has 1 aliphatic rings. The van der Waals surface area contributed by atoms with Crippen molar-refractivity contribution in [3.05, 3.63) is 36.4 Å². The van der Waals surface area contributed by atoms with Gasteiger partial charge in [0.15, 0.2) is 0 Å². The number of rotatable bonds is 6. The summed E-state index contributed by atoms with van der Waals surface area (Å²) in [5, 5.41) is 0. The Balaban J connectivity index is 2.42. The van der Waals surface area contributed by atoms with Gasteiger partial charge >= 0.3 is 5.97 Å². The summed E-state index contributed by atoms with van der Waals surface area (Å²) in [4.78, 5) is 41.3. The van der Waals surface area contributed by atoms with Crippen molar-refractivity contribution in [3.63, 3.8) is 0 Å². The third kappa shape index (κ3) is 5.00. The Morgan fingerprint density at radius 3 is 2.32 bits per heavy atom. The van der Waals surface area contributed by atoms with Gasteiger partial charge in [-0.3, -0.25) is 14.4 Å². The number of hydrogen-bond donors (Lipinski definition) is 0. The largest absolute Gasteiger partial charge is 0.465 e. The van der Waals surface area contributed by atoms with E-state index < -0.39 is 11.4 Å². The number of likely N-dealkylation sites (tertiary alicyclic amines) is 1. The molecule has 0 aliphatic carbocycles. The summed E-state index contributed by atoms with van der Waals surface area (Å²) >= 11 is 0. The van der Waals surface area contributed by atoms with Crippen LogP contribution in [-0.2, 0) is 19.1 Å². The molecule has 1 fully saturated rings. The Morgan fingerprint density at radius 2 is 1.75 bits per heavy atom. The van der Waals surface area contributed by atoms with E-state index in [0.29, 0.717) is 29.9 Å². The van der Waals surface area contributed by atoms with Crippen molar-refractivity contribution in [2.24, 2.45) is 5.41 Å². The number of carbonyl (C=O) groups excluding carboxylic acids is 3. The molecule has 2 amide bonds. The third-order valence-electron chi connectivity index (χ3n) is 4.65. The molecule has 0 unspecified atom stereocenters. The maximum Gasteiger partial charge on any atom is 0.326 e. The lowest BCUT2D eigenvalue weighted by Crippen LogP contribution is -2.43. The normalized spacial score (nSPS) is 13.9. The fraction of sp³-hybridized carbons (Fsp3) is 0.500. The van der Waals surface area contributed by atoms with E-state index in [0.717, 1.165) is 12.8 Å². The van der Waals surface area contributed by atoms with Gasteiger partial charge in [0.05, 0.1) is 12.3 Å². The first kappa shape index (κ1) is 21.7. The zero-order valence-electron chi connectivity index (χ0n) is 17.3. The van der Waals surface area contributed by atoms with E-state index in [2.05, 4.69) is 6.58 Å². The first-order valence-electron chi connectivity index (χ1n) is 9.72. The van der Waals surface area contributed by atoms with Crippen molar-refractivity contribution in [3.8, 4) is 0 Å². The highest BCUT2D eigenvalue weighted by molar-refractivity contribution is 6.21. The molecule has 28 heavy (non-hydrogen) atoms. The predicted molar refractivity (Wildman–Crippen MR) is 110 cm³/mol. The summed E-state index contributed by atoms with van der Waals surface area (Å²) in [7, 11) is 0. The maximum atomic E-state index is 13.1. The first-order chi connectivity index (χ1) is 13.2. The van der Waals surface area contributed by atoms with Gasteiger partial charge in [-0.25, -0.2) is 0 Å². The van der Waals surface area contributed by atoms with Crippen LogP contribution in [0.25, 0.3) is 5.57 Å². The first-order valence-corrected chi connectivity index (χ1v) is 9.72. The summed E-state index contributed by atoms with van der Waals surface area (Å²) < 4.78 is 5.06. The average Bonchev–Trinajstić information content (AvgIpc) is 3.18. The molecule has 1 aromatic carbocycles. The quantitative estimate of drug-likeness (QED) is 0.556. The van der Waals surface area contributed by atoms with Gasteiger partial charge in [-0.05, 0) is 25.8 Å². The Bertz CT molecular complexity index is 758. The average molecular weight is 386 g/mol. The van der Waals surface area contributed by atoms with Crippen LogP contribution in [0.4, 0.5) is 5.69 Å². The van der Waals surface area contributed by atoms with Crippen LogP contribution >= 0.6 is 0 Å². The third-order valence-corrected chi connectivity index (χ3v) is 4.65. The minimum absolute atomic E-state index is 0.135. The Morgan fingerprint density at radius 1 is 1.14 bits per heavy atom. The molecule has 0 radical (unpaired) electrons. The van der Waals surface area contributed by atoms with Crippen LogP contribution in [-0.4, -0.2) is 48.9 Å². The van der Waals surface area contributed by atoms with Gasteiger partial charge < -0.3 is 14.5 Å². The number of para-hydroxylation sites is 1. The molecule has 1 aliphatic heterocycles. The van der Waals surface area contributed by atoms with Gasteiger partial charge in [0.1, 0.15) is 6.54 Å². The van der Waals surface area contributed by atoms with Crippen LogP contribution in [0.3, 0.4) is 0 Å². The minimum atomic E-state index is -0.708. The molecular formula is C22H30N2O4. The molecule has 6 nitrogen and oxygen atoms in total. The number of benzene rings is 1. The lowest BCUT2D eigenvalue weighted by molar-refractivity contribution is -0.143. The molecule has 0 N–H and O–H groups in total. The van der Waals surface area contributed by atoms with Crippen molar-refractivity contribution in [1.82, 2.24) is 4.90 Å². The van der Waals surface area contributed by atoms with E-state index in [1.54, 1.807) is 56.9 Å². The summed E-state index contributed by atoms with van der Waals surface area (Å²) in [5.41, 5.74) is 0.669. The van der Waals surface area contributed by atoms with Gasteiger partial charge in [0, 0.05) is 29.6 Å². The van der Waals surface area contributed by atoms with E-state index in [9.17, 15) is 14.4 Å². The fourth-order valence-electron chi connectivity index (χ4n) is 3.20. The van der Waals surface area contributed by atoms with Crippen molar-refractivity contribution in [2.45, 2.75) is 40.5 Å². The maximum absolute atomic E-state index is 13.1. The van der Waals surface area contributed by atoms with Crippen molar-refractivity contribution in [1.29, 1.82) is 0 Å². The molecular weight excluding hydrogens is 356 g/mol. The summed E-state index contributed by atoms with van der Waals surface area (Å²) in [6, 6.07) is 7.08. The van der Waals surface area contributed by atoms with Crippen LogP contribution in [0.15, 0.2) is 30.8 Å². The van der Waals surface area contributed by atoms with Crippen LogP contribution in [0.2, 0.25) is 0 Å². The highest BCUT2D eigenvalue weighted by Gasteiger charge is 2.32. The molecule has 2 rings (SSSR count). The monoisotopic (exact) mass is 386 g/mol. The van der Waals surface area contributed by atoms with E-state index in [4.69, 9.17) is 4.74 Å². The minimum Gasteiger partial charge on any atom is -0.465 e. The SMILES string of the molecule is C=C(C(=O)N1CCCC1)c1ccccc1N(CC(=O)OCC)C(=O)C(C)(C)C. The van der Waals surface area contributed by atoms with Crippen molar-refractivity contribution in [2.75, 3.05) is 31.1 Å². The Labute approximate surface area is 167 Å². The van der Waals surface area contributed by atoms with Crippen molar-refractivity contribution < 1.29 is 19.1 Å². The Hall–Kier alpha value is -2.63. The topological polar surface area (TPSA) is 66.9 Å². The zero-order chi connectivity index (χ0) is 20.9. The highest BCUT2D eigenvalue weighted by Crippen LogP contribution is 2.31. The number of carbonyl (C=O) groups is 3. The number of amides is 2. The second-order valence-electron chi connectivity index (χ2n) is 7.94. The van der Waals surface area contributed by atoms with Gasteiger partial charge in [-0.15, -0.1) is 0 Å². The van der Waals surface area contributed by atoms with Crippen LogP contribution in [0.1, 0.15) is 46.1 Å².